The lowest BCUT2D eigenvalue weighted by molar-refractivity contribution is -0.115. The maximum atomic E-state index is 11.3. The van der Waals surface area contributed by atoms with Crippen LogP contribution in [0.3, 0.4) is 0 Å². The average molecular weight is 230 g/mol. The minimum absolute atomic E-state index is 0.0529. The van der Waals surface area contributed by atoms with E-state index in [1.54, 1.807) is 19.6 Å². The zero-order valence-corrected chi connectivity index (χ0v) is 9.55. The lowest BCUT2D eigenvalue weighted by Gasteiger charge is -2.06. The molecule has 5 nitrogen and oxygen atoms in total. The molecule has 1 aromatic heterocycles. The fourth-order valence-corrected chi connectivity index (χ4v) is 1.49. The molecule has 17 heavy (non-hydrogen) atoms. The molecule has 0 unspecified atom stereocenters. The summed E-state index contributed by atoms with van der Waals surface area (Å²) in [5, 5.41) is 5.59. The number of likely N-dealkylation sites (N-methyl/N-ethyl adjacent to an activating group) is 1. The van der Waals surface area contributed by atoms with E-state index in [1.807, 2.05) is 35.0 Å². The molecule has 0 atom stereocenters. The molecular weight excluding hydrogens is 216 g/mol. The number of imidazole rings is 1. The molecule has 5 heteroatoms. The molecule has 0 bridgehead atoms. The van der Waals surface area contributed by atoms with E-state index in [0.29, 0.717) is 6.54 Å². The molecule has 2 rings (SSSR count). The van der Waals surface area contributed by atoms with Gasteiger partial charge in [-0.25, -0.2) is 4.98 Å². The monoisotopic (exact) mass is 230 g/mol. The van der Waals surface area contributed by atoms with Crippen LogP contribution in [0.5, 0.6) is 0 Å². The molecule has 1 aromatic carbocycles. The number of rotatable bonds is 4. The Labute approximate surface area is 99.5 Å². The van der Waals surface area contributed by atoms with E-state index in [0.717, 1.165) is 11.4 Å². The van der Waals surface area contributed by atoms with E-state index in [4.69, 9.17) is 0 Å². The van der Waals surface area contributed by atoms with Crippen LogP contribution in [0.25, 0.3) is 5.69 Å². The van der Waals surface area contributed by atoms with Crippen molar-refractivity contribution in [2.24, 2.45) is 0 Å². The van der Waals surface area contributed by atoms with Crippen molar-refractivity contribution in [1.82, 2.24) is 14.9 Å². The molecule has 0 saturated heterocycles. The highest BCUT2D eigenvalue weighted by atomic mass is 16.1. The van der Waals surface area contributed by atoms with Crippen molar-refractivity contribution in [1.29, 1.82) is 0 Å². The van der Waals surface area contributed by atoms with Crippen LogP contribution >= 0.6 is 0 Å². The molecule has 0 aliphatic rings. The zero-order chi connectivity index (χ0) is 12.1. The van der Waals surface area contributed by atoms with Gasteiger partial charge in [0.1, 0.15) is 0 Å². The second kappa shape index (κ2) is 5.27. The van der Waals surface area contributed by atoms with E-state index >= 15 is 0 Å². The molecule has 0 aliphatic heterocycles. The smallest absolute Gasteiger partial charge is 0.238 e. The molecule has 1 heterocycles. The molecule has 2 aromatic rings. The van der Waals surface area contributed by atoms with Crippen LogP contribution in [0.1, 0.15) is 0 Å². The molecular formula is C12H14N4O. The lowest BCUT2D eigenvalue weighted by atomic mass is 10.2. The fourth-order valence-electron chi connectivity index (χ4n) is 1.49. The summed E-state index contributed by atoms with van der Waals surface area (Å²) in [6.45, 7) is 0.309. The van der Waals surface area contributed by atoms with Crippen molar-refractivity contribution in [3.8, 4) is 5.69 Å². The minimum Gasteiger partial charge on any atom is -0.325 e. The second-order valence-corrected chi connectivity index (χ2v) is 3.60. The Bertz CT molecular complexity index is 476. The maximum absolute atomic E-state index is 11.3. The first kappa shape index (κ1) is 11.3. The summed E-state index contributed by atoms with van der Waals surface area (Å²) < 4.78 is 1.90. The number of hydrogen-bond donors (Lipinski definition) is 2. The number of nitrogens with zero attached hydrogens (tertiary/aromatic N) is 2. The molecule has 88 valence electrons. The van der Waals surface area contributed by atoms with Crippen molar-refractivity contribution in [2.75, 3.05) is 18.9 Å². The quantitative estimate of drug-likeness (QED) is 0.824. The van der Waals surface area contributed by atoms with Gasteiger partial charge in [-0.1, -0.05) is 0 Å². The van der Waals surface area contributed by atoms with Gasteiger partial charge in [0.25, 0.3) is 0 Å². The predicted molar refractivity (Wildman–Crippen MR) is 66.1 cm³/mol. The largest absolute Gasteiger partial charge is 0.325 e. The molecule has 0 spiro atoms. The first-order valence-electron chi connectivity index (χ1n) is 5.32. The Morgan fingerprint density at radius 3 is 2.71 bits per heavy atom. The maximum Gasteiger partial charge on any atom is 0.238 e. The van der Waals surface area contributed by atoms with E-state index < -0.39 is 0 Å². The van der Waals surface area contributed by atoms with E-state index in [2.05, 4.69) is 15.6 Å². The summed E-state index contributed by atoms with van der Waals surface area (Å²) in [6.07, 6.45) is 5.33. The van der Waals surface area contributed by atoms with E-state index in [1.165, 1.54) is 0 Å². The summed E-state index contributed by atoms with van der Waals surface area (Å²) in [7, 11) is 1.74. The first-order valence-corrected chi connectivity index (χ1v) is 5.32. The van der Waals surface area contributed by atoms with Gasteiger partial charge in [0.2, 0.25) is 5.91 Å². The van der Waals surface area contributed by atoms with Gasteiger partial charge >= 0.3 is 0 Å². The van der Waals surface area contributed by atoms with E-state index in [9.17, 15) is 4.79 Å². The highest BCUT2D eigenvalue weighted by Crippen LogP contribution is 2.12. The van der Waals surface area contributed by atoms with Crippen LogP contribution in [0.15, 0.2) is 43.0 Å². The van der Waals surface area contributed by atoms with Gasteiger partial charge in [-0.15, -0.1) is 0 Å². The topological polar surface area (TPSA) is 59.0 Å². The second-order valence-electron chi connectivity index (χ2n) is 3.60. The molecule has 0 radical (unpaired) electrons. The van der Waals surface area contributed by atoms with Crippen LogP contribution in [0, 0.1) is 0 Å². The Morgan fingerprint density at radius 2 is 2.12 bits per heavy atom. The molecule has 0 fully saturated rings. The number of nitrogens with one attached hydrogen (secondary N) is 2. The summed E-state index contributed by atoms with van der Waals surface area (Å²) in [6, 6.07) is 7.58. The van der Waals surface area contributed by atoms with Gasteiger partial charge in [0, 0.05) is 23.8 Å². The Hall–Kier alpha value is -2.14. The van der Waals surface area contributed by atoms with Crippen LogP contribution in [-0.2, 0) is 4.79 Å². The minimum atomic E-state index is -0.0529. The summed E-state index contributed by atoms with van der Waals surface area (Å²) in [5.74, 6) is -0.0529. The predicted octanol–water partition coefficient (Wildman–Crippen LogP) is 1.03. The normalized spacial score (nSPS) is 10.2. The SMILES string of the molecule is CNCC(=O)Nc1ccc(-n2ccnc2)cc1. The van der Waals surface area contributed by atoms with Gasteiger partial charge in [-0.2, -0.15) is 0 Å². The van der Waals surface area contributed by atoms with Gasteiger partial charge in [-0.05, 0) is 31.3 Å². The van der Waals surface area contributed by atoms with Gasteiger partial charge in [0.05, 0.1) is 12.9 Å². The fraction of sp³-hybridized carbons (Fsp3) is 0.167. The summed E-state index contributed by atoms with van der Waals surface area (Å²) in [4.78, 5) is 15.3. The number of amides is 1. The summed E-state index contributed by atoms with van der Waals surface area (Å²) in [5.41, 5.74) is 1.79. The van der Waals surface area contributed by atoms with Crippen molar-refractivity contribution < 1.29 is 4.79 Å². The Morgan fingerprint density at radius 1 is 1.35 bits per heavy atom. The molecule has 1 amide bonds. The number of benzene rings is 1. The van der Waals surface area contributed by atoms with Gasteiger partial charge in [0.15, 0.2) is 0 Å². The van der Waals surface area contributed by atoms with Crippen molar-refractivity contribution in [3.05, 3.63) is 43.0 Å². The number of carbonyl (C=O) groups is 1. The number of anilines is 1. The first-order chi connectivity index (χ1) is 8.29. The highest BCUT2D eigenvalue weighted by molar-refractivity contribution is 5.92. The summed E-state index contributed by atoms with van der Waals surface area (Å²) >= 11 is 0. The lowest BCUT2D eigenvalue weighted by Crippen LogP contribution is -2.24. The Kier molecular flexibility index (Phi) is 3.52. The number of carbonyl (C=O) groups excluding carboxylic acids is 1. The molecule has 0 aliphatic carbocycles. The van der Waals surface area contributed by atoms with Crippen LogP contribution in [0.4, 0.5) is 5.69 Å². The van der Waals surface area contributed by atoms with Crippen LogP contribution < -0.4 is 10.6 Å². The highest BCUT2D eigenvalue weighted by Gasteiger charge is 2.00. The van der Waals surface area contributed by atoms with Crippen LogP contribution in [-0.4, -0.2) is 29.1 Å². The third-order valence-electron chi connectivity index (χ3n) is 2.29. The average Bonchev–Trinajstić information content (AvgIpc) is 2.84. The van der Waals surface area contributed by atoms with Gasteiger partial charge in [-0.3, -0.25) is 4.79 Å². The van der Waals surface area contributed by atoms with E-state index in [-0.39, 0.29) is 5.91 Å². The van der Waals surface area contributed by atoms with Crippen molar-refractivity contribution in [3.63, 3.8) is 0 Å². The van der Waals surface area contributed by atoms with Crippen molar-refractivity contribution >= 4 is 11.6 Å². The van der Waals surface area contributed by atoms with Gasteiger partial charge < -0.3 is 15.2 Å². The Balaban J connectivity index is 2.06. The van der Waals surface area contributed by atoms with Crippen LogP contribution in [0.2, 0.25) is 0 Å². The number of hydrogen-bond acceptors (Lipinski definition) is 3. The molecule has 2 N–H and O–H groups in total. The third kappa shape index (κ3) is 2.92. The van der Waals surface area contributed by atoms with Crippen molar-refractivity contribution in [2.45, 2.75) is 0 Å². The zero-order valence-electron chi connectivity index (χ0n) is 9.55. The molecule has 0 saturated carbocycles. The number of aromatic nitrogens is 2. The third-order valence-corrected chi connectivity index (χ3v) is 2.29. The standard InChI is InChI=1S/C12H14N4O/c1-13-8-12(17)15-10-2-4-11(5-3-10)16-7-6-14-9-16/h2-7,9,13H,8H2,1H3,(H,15,17).